The van der Waals surface area contributed by atoms with E-state index in [1.165, 1.54) is 148 Å². The maximum absolute atomic E-state index is 12.9. The summed E-state index contributed by atoms with van der Waals surface area (Å²) in [6.07, 6.45) is 91.3. The number of allylic oxidation sites excluding steroid dienone is 18. The Morgan fingerprint density at radius 3 is 0.772 bits per heavy atom. The molecule has 0 bridgehead atoms. The number of esters is 3. The highest BCUT2D eigenvalue weighted by Gasteiger charge is 2.19. The van der Waals surface area contributed by atoms with Crippen LogP contribution in [-0.2, 0) is 28.6 Å². The zero-order valence-corrected chi connectivity index (χ0v) is 51.9. The van der Waals surface area contributed by atoms with Crippen molar-refractivity contribution >= 4 is 17.9 Å². The molecule has 0 aliphatic carbocycles. The smallest absolute Gasteiger partial charge is 0.306 e. The van der Waals surface area contributed by atoms with Crippen molar-refractivity contribution in [1.29, 1.82) is 0 Å². The van der Waals surface area contributed by atoms with Gasteiger partial charge in [-0.3, -0.25) is 14.4 Å². The first-order valence-electron chi connectivity index (χ1n) is 33.4. The predicted molar refractivity (Wildman–Crippen MR) is 343 cm³/mol. The van der Waals surface area contributed by atoms with Crippen LogP contribution in [0.1, 0.15) is 316 Å². The zero-order valence-electron chi connectivity index (χ0n) is 51.9. The summed E-state index contributed by atoms with van der Waals surface area (Å²) in [6, 6.07) is 0. The van der Waals surface area contributed by atoms with E-state index in [-0.39, 0.29) is 31.1 Å². The van der Waals surface area contributed by atoms with E-state index >= 15 is 0 Å². The van der Waals surface area contributed by atoms with Gasteiger partial charge in [-0.05, 0) is 109 Å². The lowest BCUT2D eigenvalue weighted by molar-refractivity contribution is -0.167. The van der Waals surface area contributed by atoms with Crippen LogP contribution in [0.25, 0.3) is 0 Å². The molecule has 0 fully saturated rings. The molecule has 0 rings (SSSR count). The highest BCUT2D eigenvalue weighted by molar-refractivity contribution is 5.71. The topological polar surface area (TPSA) is 78.9 Å². The Bertz CT molecular complexity index is 1590. The Morgan fingerprint density at radius 2 is 0.494 bits per heavy atom. The Balaban J connectivity index is 4.17. The molecule has 0 aromatic carbocycles. The molecule has 0 aromatic heterocycles. The van der Waals surface area contributed by atoms with Crippen LogP contribution >= 0.6 is 0 Å². The fourth-order valence-electron chi connectivity index (χ4n) is 9.28. The largest absolute Gasteiger partial charge is 0.462 e. The van der Waals surface area contributed by atoms with E-state index in [1.54, 1.807) is 0 Å². The van der Waals surface area contributed by atoms with E-state index in [4.69, 9.17) is 14.2 Å². The summed E-state index contributed by atoms with van der Waals surface area (Å²) in [5.41, 5.74) is 0. The summed E-state index contributed by atoms with van der Waals surface area (Å²) >= 11 is 0. The number of rotatable bonds is 60. The average molecular weight is 1100 g/mol. The van der Waals surface area contributed by atoms with Crippen molar-refractivity contribution in [3.63, 3.8) is 0 Å². The molecule has 0 aromatic rings. The number of carbonyl (C=O) groups is 3. The van der Waals surface area contributed by atoms with Crippen molar-refractivity contribution in [1.82, 2.24) is 0 Å². The molecule has 0 saturated heterocycles. The summed E-state index contributed by atoms with van der Waals surface area (Å²) in [5, 5.41) is 0. The molecule has 0 heterocycles. The number of unbranched alkanes of at least 4 members (excludes halogenated alkanes) is 31. The van der Waals surface area contributed by atoms with E-state index in [2.05, 4.69) is 130 Å². The fraction of sp³-hybridized carbons (Fsp3) is 0.712. The van der Waals surface area contributed by atoms with Crippen LogP contribution in [0.15, 0.2) is 109 Å². The van der Waals surface area contributed by atoms with Crippen LogP contribution in [0.3, 0.4) is 0 Å². The summed E-state index contributed by atoms with van der Waals surface area (Å²) in [5.74, 6) is -0.902. The Kier molecular flexibility index (Phi) is 63.3. The lowest BCUT2D eigenvalue weighted by atomic mass is 10.0. The zero-order chi connectivity index (χ0) is 57.1. The first kappa shape index (κ1) is 75.1. The molecule has 0 aliphatic heterocycles. The lowest BCUT2D eigenvalue weighted by Gasteiger charge is -2.18. The van der Waals surface area contributed by atoms with Crippen LogP contribution in [0.4, 0.5) is 0 Å². The minimum Gasteiger partial charge on any atom is -0.462 e. The summed E-state index contributed by atoms with van der Waals surface area (Å²) < 4.78 is 16.8. The molecule has 0 aliphatic rings. The van der Waals surface area contributed by atoms with Crippen LogP contribution in [0, 0.1) is 0 Å². The third-order valence-corrected chi connectivity index (χ3v) is 14.3. The molecule has 6 heteroatoms. The Morgan fingerprint density at radius 1 is 0.266 bits per heavy atom. The average Bonchev–Trinajstić information content (AvgIpc) is 3.45. The number of hydrogen-bond acceptors (Lipinski definition) is 6. The van der Waals surface area contributed by atoms with Crippen LogP contribution in [0.5, 0.6) is 0 Å². The van der Waals surface area contributed by atoms with Gasteiger partial charge in [-0.2, -0.15) is 0 Å². The van der Waals surface area contributed by atoms with Crippen molar-refractivity contribution in [3.8, 4) is 0 Å². The minimum atomic E-state index is -0.785. The van der Waals surface area contributed by atoms with Crippen LogP contribution < -0.4 is 0 Å². The fourth-order valence-corrected chi connectivity index (χ4v) is 9.28. The van der Waals surface area contributed by atoms with Crippen LogP contribution in [0.2, 0.25) is 0 Å². The Hall–Kier alpha value is -3.93. The maximum atomic E-state index is 12.9. The summed E-state index contributed by atoms with van der Waals surface area (Å²) in [7, 11) is 0. The second-order valence-corrected chi connectivity index (χ2v) is 22.0. The summed E-state index contributed by atoms with van der Waals surface area (Å²) in [6.45, 7) is 6.48. The first-order valence-corrected chi connectivity index (χ1v) is 33.4. The summed E-state index contributed by atoms with van der Waals surface area (Å²) in [4.78, 5) is 38.1. The number of ether oxygens (including phenoxy) is 3. The van der Waals surface area contributed by atoms with Gasteiger partial charge in [0.05, 0.1) is 0 Å². The maximum Gasteiger partial charge on any atom is 0.306 e. The third kappa shape index (κ3) is 64.8. The van der Waals surface area contributed by atoms with Gasteiger partial charge >= 0.3 is 17.9 Å². The molecule has 452 valence electrons. The normalized spacial score (nSPS) is 12.8. The SMILES string of the molecule is CC/C=C\C/C=C\C/C=C\C/C=C\C/C=C\C/C=C\C/C=C\CCCCCCCC(=O)OCC(COC(=O)CCCCCCCCC)OC(=O)CCCCCCCCCCCCCCCCC/C=C\C/C=C\CCCCCCC. The van der Waals surface area contributed by atoms with Gasteiger partial charge in [0, 0.05) is 19.3 Å². The third-order valence-electron chi connectivity index (χ3n) is 14.3. The van der Waals surface area contributed by atoms with Gasteiger partial charge in [0.15, 0.2) is 6.10 Å². The van der Waals surface area contributed by atoms with Gasteiger partial charge in [-0.15, -0.1) is 0 Å². The molecular weight excluding hydrogens is 973 g/mol. The molecule has 0 saturated carbocycles. The van der Waals surface area contributed by atoms with E-state index in [1.807, 2.05) is 0 Å². The van der Waals surface area contributed by atoms with E-state index in [9.17, 15) is 14.4 Å². The molecule has 1 unspecified atom stereocenters. The van der Waals surface area contributed by atoms with Gasteiger partial charge < -0.3 is 14.2 Å². The molecule has 1 atom stereocenters. The van der Waals surface area contributed by atoms with Gasteiger partial charge in [0.1, 0.15) is 13.2 Å². The van der Waals surface area contributed by atoms with Crippen LogP contribution in [-0.4, -0.2) is 37.2 Å². The lowest BCUT2D eigenvalue weighted by Crippen LogP contribution is -2.30. The second kappa shape index (κ2) is 66.6. The molecule has 0 amide bonds. The predicted octanol–water partition coefficient (Wildman–Crippen LogP) is 23.0. The van der Waals surface area contributed by atoms with Crippen molar-refractivity contribution in [2.24, 2.45) is 0 Å². The van der Waals surface area contributed by atoms with Crippen molar-refractivity contribution in [2.45, 2.75) is 322 Å². The molecule has 0 spiro atoms. The van der Waals surface area contributed by atoms with E-state index in [0.717, 1.165) is 128 Å². The molecule has 0 radical (unpaired) electrons. The quantitative estimate of drug-likeness (QED) is 0.0261. The first-order chi connectivity index (χ1) is 39.0. The highest BCUT2D eigenvalue weighted by Crippen LogP contribution is 2.16. The van der Waals surface area contributed by atoms with E-state index in [0.29, 0.717) is 19.3 Å². The molecule has 0 N–H and O–H groups in total. The highest BCUT2D eigenvalue weighted by atomic mass is 16.6. The molecule has 6 nitrogen and oxygen atoms in total. The monoisotopic (exact) mass is 1100 g/mol. The Labute approximate surface area is 489 Å². The van der Waals surface area contributed by atoms with Gasteiger partial charge in [-0.1, -0.05) is 297 Å². The minimum absolute atomic E-state index is 0.0832. The van der Waals surface area contributed by atoms with Gasteiger partial charge in [0.25, 0.3) is 0 Å². The van der Waals surface area contributed by atoms with Crippen molar-refractivity contribution < 1.29 is 28.6 Å². The van der Waals surface area contributed by atoms with Crippen molar-refractivity contribution in [3.05, 3.63) is 109 Å². The standard InChI is InChI=1S/C73H124O6/c1-4-7-10-13-16-18-20-22-24-26-28-30-32-34-36-38-40-42-44-46-48-50-52-54-57-60-63-66-72(75)78-69-70(68-77-71(74)65-62-59-56-15-12-9-6-3)79-73(76)67-64-61-58-55-53-51-49-47-45-43-41-39-37-35-33-31-29-27-25-23-21-19-17-14-11-8-5-2/h7,10,16,18,21-24,27-30,34,36,40,42,46,48,70H,4-6,8-9,11-15,17,19-20,25-26,31-33,35,37-39,41,43-45,47,49-69H2,1-3H3/b10-7-,18-16-,23-21-,24-22-,29-27-,30-28-,36-34-,42-40-,48-46-. The molecule has 79 heavy (non-hydrogen) atoms. The second-order valence-electron chi connectivity index (χ2n) is 22.0. The number of hydrogen-bond donors (Lipinski definition) is 0. The van der Waals surface area contributed by atoms with Crippen molar-refractivity contribution in [2.75, 3.05) is 13.2 Å². The van der Waals surface area contributed by atoms with E-state index < -0.39 is 6.10 Å². The number of carbonyl (C=O) groups excluding carboxylic acids is 3. The van der Waals surface area contributed by atoms with Gasteiger partial charge in [0.2, 0.25) is 0 Å². The molecular formula is C73H124O6. The van der Waals surface area contributed by atoms with Gasteiger partial charge in [-0.25, -0.2) is 0 Å².